The monoisotopic (exact) mass is 468 g/mol. The number of carbonyl (C=O) groups is 1. The number of aromatic nitrogens is 1. The maximum absolute atomic E-state index is 12.5. The number of hydrogen-bond donors (Lipinski definition) is 1. The Bertz CT molecular complexity index is 1140. The predicted octanol–water partition coefficient (Wildman–Crippen LogP) is 3.71. The molecule has 0 fully saturated rings. The Hall–Kier alpha value is -2.16. The molecule has 0 atom stereocenters. The fraction of sp³-hybridized carbons (Fsp3) is 0.111. The molecule has 6 nitrogen and oxygen atoms in total. The molecule has 140 valence electrons. The summed E-state index contributed by atoms with van der Waals surface area (Å²) < 4.78 is 32.9. The summed E-state index contributed by atoms with van der Waals surface area (Å²) in [5.41, 5.74) is 1.20. The van der Waals surface area contributed by atoms with Crippen LogP contribution in [0.2, 0.25) is 5.02 Å². The van der Waals surface area contributed by atoms with Crippen molar-refractivity contribution in [2.75, 3.05) is 7.11 Å². The predicted molar refractivity (Wildman–Crippen MR) is 106 cm³/mol. The third kappa shape index (κ3) is 4.58. The summed E-state index contributed by atoms with van der Waals surface area (Å²) in [6, 6.07) is 11.5. The number of rotatable bonds is 5. The first-order valence-electron chi connectivity index (χ1n) is 7.72. The Morgan fingerprint density at radius 2 is 2.00 bits per heavy atom. The summed E-state index contributed by atoms with van der Waals surface area (Å²) >= 11 is 9.28. The molecule has 3 aromatic rings. The molecular formula is C18H14BrClN2O4S. The van der Waals surface area contributed by atoms with Crippen LogP contribution in [0.25, 0.3) is 10.9 Å². The highest BCUT2D eigenvalue weighted by Crippen LogP contribution is 2.24. The van der Waals surface area contributed by atoms with Gasteiger partial charge in [0.05, 0.1) is 19.0 Å². The Labute approximate surface area is 169 Å². The van der Waals surface area contributed by atoms with Gasteiger partial charge in [0.2, 0.25) is 5.91 Å². The van der Waals surface area contributed by atoms with Gasteiger partial charge in [-0.15, -0.1) is 0 Å². The van der Waals surface area contributed by atoms with E-state index in [0.29, 0.717) is 31.7 Å². The fourth-order valence-electron chi connectivity index (χ4n) is 2.46. The molecule has 0 aliphatic heterocycles. The number of pyridine rings is 1. The average Bonchev–Trinajstić information content (AvgIpc) is 2.62. The minimum Gasteiger partial charge on any atom is -0.497 e. The Balaban J connectivity index is 1.82. The van der Waals surface area contributed by atoms with Crippen LogP contribution in [-0.2, 0) is 21.2 Å². The van der Waals surface area contributed by atoms with Gasteiger partial charge < -0.3 is 4.74 Å². The molecule has 1 N–H and O–H groups in total. The third-order valence-electron chi connectivity index (χ3n) is 3.78. The molecule has 0 radical (unpaired) electrons. The molecule has 9 heteroatoms. The number of sulfonamides is 1. The van der Waals surface area contributed by atoms with E-state index in [9.17, 15) is 13.2 Å². The van der Waals surface area contributed by atoms with Crippen molar-refractivity contribution in [2.24, 2.45) is 0 Å². The quantitative estimate of drug-likeness (QED) is 0.616. The number of fused-ring (bicyclic) bond motifs is 1. The van der Waals surface area contributed by atoms with E-state index in [1.807, 2.05) is 0 Å². The van der Waals surface area contributed by atoms with E-state index in [1.54, 1.807) is 36.4 Å². The second-order valence-electron chi connectivity index (χ2n) is 5.67. The first-order chi connectivity index (χ1) is 12.8. The van der Waals surface area contributed by atoms with Gasteiger partial charge in [0, 0.05) is 21.1 Å². The SMILES string of the molecule is COc1ccc(Br)c(CC(=O)NS(=O)(=O)c2cnc3ccc(Cl)cc3c2)c1. The topological polar surface area (TPSA) is 85.4 Å². The van der Waals surface area contributed by atoms with E-state index >= 15 is 0 Å². The number of methoxy groups -OCH3 is 1. The highest BCUT2D eigenvalue weighted by Gasteiger charge is 2.19. The normalized spacial score (nSPS) is 11.4. The van der Waals surface area contributed by atoms with Gasteiger partial charge in [-0.2, -0.15) is 0 Å². The molecule has 2 aromatic carbocycles. The molecule has 1 amide bonds. The number of amides is 1. The van der Waals surface area contributed by atoms with Gasteiger partial charge in [0.25, 0.3) is 10.0 Å². The molecule has 1 aromatic heterocycles. The first kappa shape index (κ1) is 19.6. The Morgan fingerprint density at radius 3 is 2.74 bits per heavy atom. The second-order valence-corrected chi connectivity index (χ2v) is 8.64. The molecule has 27 heavy (non-hydrogen) atoms. The average molecular weight is 470 g/mol. The van der Waals surface area contributed by atoms with Crippen molar-refractivity contribution >= 4 is 54.4 Å². The summed E-state index contributed by atoms with van der Waals surface area (Å²) in [6.45, 7) is 0. The maximum atomic E-state index is 12.5. The van der Waals surface area contributed by atoms with E-state index in [0.717, 1.165) is 0 Å². The minimum atomic E-state index is -4.06. The molecular weight excluding hydrogens is 456 g/mol. The fourth-order valence-corrected chi connectivity index (χ4v) is 3.99. The zero-order chi connectivity index (χ0) is 19.6. The van der Waals surface area contributed by atoms with Crippen molar-refractivity contribution in [1.82, 2.24) is 9.71 Å². The zero-order valence-electron chi connectivity index (χ0n) is 14.1. The molecule has 1 heterocycles. The maximum Gasteiger partial charge on any atom is 0.265 e. The minimum absolute atomic E-state index is 0.115. The van der Waals surface area contributed by atoms with Crippen molar-refractivity contribution in [3.05, 3.63) is 63.7 Å². The number of carbonyl (C=O) groups excluding carboxylic acids is 1. The van der Waals surface area contributed by atoms with Crippen molar-refractivity contribution in [2.45, 2.75) is 11.3 Å². The largest absolute Gasteiger partial charge is 0.497 e. The van der Waals surface area contributed by atoms with E-state index < -0.39 is 15.9 Å². The van der Waals surface area contributed by atoms with Crippen molar-refractivity contribution < 1.29 is 17.9 Å². The Morgan fingerprint density at radius 1 is 1.22 bits per heavy atom. The van der Waals surface area contributed by atoms with Gasteiger partial charge in [-0.1, -0.05) is 27.5 Å². The number of hydrogen-bond acceptors (Lipinski definition) is 5. The van der Waals surface area contributed by atoms with E-state index in [-0.39, 0.29) is 11.3 Å². The van der Waals surface area contributed by atoms with Crippen LogP contribution < -0.4 is 9.46 Å². The van der Waals surface area contributed by atoms with E-state index in [4.69, 9.17) is 16.3 Å². The number of benzene rings is 2. The lowest BCUT2D eigenvalue weighted by molar-refractivity contribution is -0.118. The lowest BCUT2D eigenvalue weighted by Crippen LogP contribution is -2.32. The van der Waals surface area contributed by atoms with Gasteiger partial charge in [-0.05, 0) is 48.0 Å². The first-order valence-corrected chi connectivity index (χ1v) is 10.4. The molecule has 0 aliphatic carbocycles. The summed E-state index contributed by atoms with van der Waals surface area (Å²) in [5.74, 6) is -0.102. The highest BCUT2D eigenvalue weighted by molar-refractivity contribution is 9.10. The molecule has 0 aliphatic rings. The Kier molecular flexibility index (Phi) is 5.69. The summed E-state index contributed by atoms with van der Waals surface area (Å²) in [5, 5.41) is 1.03. The van der Waals surface area contributed by atoms with Crippen LogP contribution in [0.5, 0.6) is 5.75 Å². The lowest BCUT2D eigenvalue weighted by Gasteiger charge is -2.10. The van der Waals surface area contributed by atoms with Crippen LogP contribution in [0.15, 0.2) is 58.0 Å². The van der Waals surface area contributed by atoms with Gasteiger partial charge in [-0.3, -0.25) is 9.78 Å². The van der Waals surface area contributed by atoms with Crippen LogP contribution in [0, 0.1) is 0 Å². The molecule has 0 saturated heterocycles. The van der Waals surface area contributed by atoms with Crippen molar-refractivity contribution in [3.8, 4) is 5.75 Å². The van der Waals surface area contributed by atoms with Gasteiger partial charge in [0.1, 0.15) is 10.6 Å². The van der Waals surface area contributed by atoms with Crippen molar-refractivity contribution in [1.29, 1.82) is 0 Å². The molecule has 0 spiro atoms. The molecule has 3 rings (SSSR count). The second kappa shape index (κ2) is 7.84. The molecule has 0 unspecified atom stereocenters. The number of halogens is 2. The number of ether oxygens (including phenoxy) is 1. The summed E-state index contributed by atoms with van der Waals surface area (Å²) in [7, 11) is -2.55. The third-order valence-corrected chi connectivity index (χ3v) is 6.13. The van der Waals surface area contributed by atoms with E-state index in [2.05, 4.69) is 25.6 Å². The van der Waals surface area contributed by atoms with E-state index in [1.165, 1.54) is 19.4 Å². The molecule has 0 bridgehead atoms. The van der Waals surface area contributed by atoms with Gasteiger partial charge in [0.15, 0.2) is 0 Å². The zero-order valence-corrected chi connectivity index (χ0v) is 17.2. The van der Waals surface area contributed by atoms with Crippen LogP contribution in [0.1, 0.15) is 5.56 Å². The standard InChI is InChI=1S/C18H14BrClN2O4S/c1-26-14-3-4-16(19)11(7-14)9-18(23)22-27(24,25)15-8-12-6-13(20)2-5-17(12)21-10-15/h2-8,10H,9H2,1H3,(H,22,23). The number of nitrogens with zero attached hydrogens (tertiary/aromatic N) is 1. The highest BCUT2D eigenvalue weighted by atomic mass is 79.9. The molecule has 0 saturated carbocycles. The van der Waals surface area contributed by atoms with Crippen LogP contribution in [0.4, 0.5) is 0 Å². The number of nitrogens with one attached hydrogen (secondary N) is 1. The lowest BCUT2D eigenvalue weighted by atomic mass is 10.1. The van der Waals surface area contributed by atoms with Crippen LogP contribution in [0.3, 0.4) is 0 Å². The summed E-state index contributed by atoms with van der Waals surface area (Å²) in [6.07, 6.45) is 1.07. The smallest absolute Gasteiger partial charge is 0.265 e. The van der Waals surface area contributed by atoms with Crippen LogP contribution >= 0.6 is 27.5 Å². The van der Waals surface area contributed by atoms with Gasteiger partial charge >= 0.3 is 0 Å². The summed E-state index contributed by atoms with van der Waals surface area (Å²) in [4.78, 5) is 16.3. The van der Waals surface area contributed by atoms with Gasteiger partial charge in [-0.25, -0.2) is 13.1 Å². The van der Waals surface area contributed by atoms with Crippen molar-refractivity contribution in [3.63, 3.8) is 0 Å². The van der Waals surface area contributed by atoms with Crippen LogP contribution in [-0.4, -0.2) is 26.4 Å².